The van der Waals surface area contributed by atoms with Crippen molar-refractivity contribution in [2.45, 2.75) is 39.2 Å². The summed E-state index contributed by atoms with van der Waals surface area (Å²) in [6.07, 6.45) is 3.48. The Kier molecular flexibility index (Phi) is 8.40. The average molecular weight is 472 g/mol. The molecule has 1 aliphatic heterocycles. The number of aromatic nitrogens is 1. The lowest BCUT2D eigenvalue weighted by molar-refractivity contribution is -0.134. The first-order valence-electron chi connectivity index (χ1n) is 11.1. The van der Waals surface area contributed by atoms with Gasteiger partial charge in [0, 0.05) is 39.0 Å². The summed E-state index contributed by atoms with van der Waals surface area (Å²) in [5.41, 5.74) is 13.7. The number of hydrogen-bond donors (Lipinski definition) is 3. The van der Waals surface area contributed by atoms with Gasteiger partial charge in [0.25, 0.3) is 0 Å². The Hall–Kier alpha value is -2.98. The molecule has 1 aromatic carbocycles. The van der Waals surface area contributed by atoms with Crippen LogP contribution in [0, 0.1) is 5.92 Å². The van der Waals surface area contributed by atoms with Gasteiger partial charge in [0.05, 0.1) is 17.3 Å². The number of rotatable bonds is 8. The second-order valence-corrected chi connectivity index (χ2v) is 9.66. The van der Waals surface area contributed by atoms with E-state index in [9.17, 15) is 9.59 Å². The monoisotopic (exact) mass is 471 g/mol. The smallest absolute Gasteiger partial charge is 0.226 e. The van der Waals surface area contributed by atoms with Gasteiger partial charge in [-0.25, -0.2) is 9.98 Å². The molecule has 3 rings (SSSR count). The number of piperidine rings is 1. The molecule has 1 fully saturated rings. The number of nitrogens with zero attached hydrogens (tertiary/aromatic N) is 4. The highest BCUT2D eigenvalue weighted by atomic mass is 32.1. The van der Waals surface area contributed by atoms with E-state index in [4.69, 9.17) is 16.5 Å². The Balaban J connectivity index is 1.70. The highest BCUT2D eigenvalue weighted by molar-refractivity contribution is 7.15. The summed E-state index contributed by atoms with van der Waals surface area (Å²) in [5.74, 6) is 0.121. The van der Waals surface area contributed by atoms with Crippen molar-refractivity contribution < 1.29 is 9.59 Å². The molecule has 1 saturated heterocycles. The quantitative estimate of drug-likeness (QED) is 0.399. The van der Waals surface area contributed by atoms with Crippen LogP contribution in [0.4, 0.5) is 10.8 Å². The largest absolute Gasteiger partial charge is 0.370 e. The SMILES string of the molecule is CC(=O)Nc1nc(CCc2ccc(N=C(N)N)cc2)c(CN2CCC[C@@H](C(=O)N(C)C)C2)s1. The molecule has 2 heterocycles. The summed E-state index contributed by atoms with van der Waals surface area (Å²) >= 11 is 1.52. The van der Waals surface area contributed by atoms with Gasteiger partial charge in [0.15, 0.2) is 11.1 Å². The number of aliphatic imine (C=N–C) groups is 1. The third-order valence-electron chi connectivity index (χ3n) is 5.57. The topological polar surface area (TPSA) is 130 Å². The molecule has 1 aliphatic rings. The number of likely N-dealkylation sites (tertiary alicyclic amines) is 1. The molecule has 0 aliphatic carbocycles. The summed E-state index contributed by atoms with van der Waals surface area (Å²) in [5, 5.41) is 3.44. The number of hydrogen-bond acceptors (Lipinski definition) is 6. The number of guanidine groups is 1. The summed E-state index contributed by atoms with van der Waals surface area (Å²) in [6.45, 7) is 3.92. The van der Waals surface area contributed by atoms with Gasteiger partial charge < -0.3 is 21.7 Å². The standard InChI is InChI=1S/C23H33N7O2S/c1-15(31)26-23-28-19(11-8-16-6-9-18(10-7-16)27-22(24)25)20(33-23)14-30-12-4-5-17(13-30)21(32)29(2)3/h6-7,9-10,17H,4-5,8,11-14H2,1-3H3,(H4,24,25,27)(H,26,28,31)/t17-/m1/s1. The minimum Gasteiger partial charge on any atom is -0.370 e. The summed E-state index contributed by atoms with van der Waals surface area (Å²) in [7, 11) is 3.62. The molecule has 0 unspecified atom stereocenters. The molecular weight excluding hydrogens is 438 g/mol. The van der Waals surface area contributed by atoms with Crippen LogP contribution in [0.2, 0.25) is 0 Å². The maximum Gasteiger partial charge on any atom is 0.226 e. The molecule has 10 heteroatoms. The van der Waals surface area contributed by atoms with Gasteiger partial charge in [-0.15, -0.1) is 11.3 Å². The fraction of sp³-hybridized carbons (Fsp3) is 0.478. The second-order valence-electron chi connectivity index (χ2n) is 8.58. The first kappa shape index (κ1) is 24.7. The summed E-state index contributed by atoms with van der Waals surface area (Å²) in [4.78, 5) is 37.9. The van der Waals surface area contributed by atoms with E-state index >= 15 is 0 Å². The van der Waals surface area contributed by atoms with E-state index < -0.39 is 0 Å². The molecule has 5 N–H and O–H groups in total. The van der Waals surface area contributed by atoms with Crippen LogP contribution in [-0.4, -0.2) is 59.7 Å². The molecule has 2 aromatic rings. The number of nitrogens with one attached hydrogen (secondary N) is 1. The molecule has 33 heavy (non-hydrogen) atoms. The predicted molar refractivity (Wildman–Crippen MR) is 132 cm³/mol. The zero-order valence-corrected chi connectivity index (χ0v) is 20.3. The number of amides is 2. The molecular formula is C23H33N7O2S. The van der Waals surface area contributed by atoms with Crippen LogP contribution in [0.25, 0.3) is 0 Å². The van der Waals surface area contributed by atoms with Crippen LogP contribution in [-0.2, 0) is 29.0 Å². The number of nitrogens with two attached hydrogens (primary N) is 2. The number of carbonyl (C=O) groups excluding carboxylic acids is 2. The normalized spacial score (nSPS) is 16.3. The zero-order valence-electron chi connectivity index (χ0n) is 19.5. The summed E-state index contributed by atoms with van der Waals surface area (Å²) in [6, 6.07) is 7.78. The van der Waals surface area contributed by atoms with Gasteiger partial charge in [-0.1, -0.05) is 12.1 Å². The van der Waals surface area contributed by atoms with Crippen molar-refractivity contribution >= 4 is 39.9 Å². The van der Waals surface area contributed by atoms with E-state index in [0.29, 0.717) is 10.8 Å². The van der Waals surface area contributed by atoms with Crippen LogP contribution in [0.3, 0.4) is 0 Å². The van der Waals surface area contributed by atoms with E-state index in [0.717, 1.165) is 61.5 Å². The van der Waals surface area contributed by atoms with Crippen molar-refractivity contribution in [3.63, 3.8) is 0 Å². The van der Waals surface area contributed by atoms with Crippen LogP contribution in [0.1, 0.15) is 35.9 Å². The minimum absolute atomic E-state index is 0.0312. The first-order valence-corrected chi connectivity index (χ1v) is 11.9. The average Bonchev–Trinajstić information content (AvgIpc) is 3.12. The Morgan fingerprint density at radius 1 is 1.24 bits per heavy atom. The summed E-state index contributed by atoms with van der Waals surface area (Å²) < 4.78 is 0. The lowest BCUT2D eigenvalue weighted by Gasteiger charge is -2.33. The van der Waals surface area contributed by atoms with Crippen molar-refractivity contribution in [2.24, 2.45) is 22.4 Å². The number of carbonyl (C=O) groups is 2. The maximum atomic E-state index is 12.5. The lowest BCUT2D eigenvalue weighted by atomic mass is 9.96. The number of thiazole rings is 1. The molecule has 1 aromatic heterocycles. The number of anilines is 1. The minimum atomic E-state index is -0.133. The molecule has 0 saturated carbocycles. The van der Waals surface area contributed by atoms with Crippen molar-refractivity contribution in [1.29, 1.82) is 0 Å². The van der Waals surface area contributed by atoms with Gasteiger partial charge in [0.2, 0.25) is 11.8 Å². The van der Waals surface area contributed by atoms with Gasteiger partial charge in [-0.3, -0.25) is 14.5 Å². The van der Waals surface area contributed by atoms with Gasteiger partial charge >= 0.3 is 0 Å². The number of benzene rings is 1. The van der Waals surface area contributed by atoms with E-state index in [-0.39, 0.29) is 23.7 Å². The van der Waals surface area contributed by atoms with Crippen molar-refractivity contribution in [2.75, 3.05) is 32.5 Å². The molecule has 0 radical (unpaired) electrons. The zero-order chi connectivity index (χ0) is 24.0. The Bertz CT molecular complexity index is 997. The Morgan fingerprint density at radius 2 is 1.97 bits per heavy atom. The fourth-order valence-corrected chi connectivity index (χ4v) is 5.12. The van der Waals surface area contributed by atoms with Crippen LogP contribution < -0.4 is 16.8 Å². The van der Waals surface area contributed by atoms with Gasteiger partial charge in [-0.2, -0.15) is 0 Å². The fourth-order valence-electron chi connectivity index (χ4n) is 4.02. The van der Waals surface area contributed by atoms with E-state index in [1.165, 1.54) is 18.3 Å². The number of aryl methyl sites for hydroxylation is 2. The first-order chi connectivity index (χ1) is 15.7. The van der Waals surface area contributed by atoms with E-state index in [2.05, 4.69) is 15.2 Å². The van der Waals surface area contributed by atoms with Crippen LogP contribution >= 0.6 is 11.3 Å². The third kappa shape index (κ3) is 7.26. The molecule has 0 spiro atoms. The molecule has 178 valence electrons. The van der Waals surface area contributed by atoms with Crippen LogP contribution in [0.5, 0.6) is 0 Å². The molecule has 1 atom stereocenters. The van der Waals surface area contributed by atoms with Crippen molar-refractivity contribution in [1.82, 2.24) is 14.8 Å². The Labute approximate surface area is 198 Å². The highest BCUT2D eigenvalue weighted by Gasteiger charge is 2.27. The van der Waals surface area contributed by atoms with E-state index in [1.807, 2.05) is 38.4 Å². The second kappa shape index (κ2) is 11.2. The van der Waals surface area contributed by atoms with Gasteiger partial charge in [-0.05, 0) is 49.9 Å². The highest BCUT2D eigenvalue weighted by Crippen LogP contribution is 2.28. The van der Waals surface area contributed by atoms with Crippen LogP contribution in [0.15, 0.2) is 29.3 Å². The van der Waals surface area contributed by atoms with Crippen molar-refractivity contribution in [3.05, 3.63) is 40.4 Å². The molecule has 2 amide bonds. The van der Waals surface area contributed by atoms with Gasteiger partial charge in [0.1, 0.15) is 0 Å². The van der Waals surface area contributed by atoms with E-state index in [1.54, 1.807) is 4.90 Å². The van der Waals surface area contributed by atoms with Crippen molar-refractivity contribution in [3.8, 4) is 0 Å². The molecule has 0 bridgehead atoms. The Morgan fingerprint density at radius 3 is 2.61 bits per heavy atom. The third-order valence-corrected chi connectivity index (χ3v) is 6.57. The lowest BCUT2D eigenvalue weighted by Crippen LogP contribution is -2.42. The maximum absolute atomic E-state index is 12.5. The molecule has 9 nitrogen and oxygen atoms in total. The predicted octanol–water partition coefficient (Wildman–Crippen LogP) is 2.09.